The smallest absolute Gasteiger partial charge is 0.340 e. The van der Waals surface area contributed by atoms with Gasteiger partial charge in [0.1, 0.15) is 0 Å². The SMILES string of the molecule is Cc1cccc(C(C)C)c1NC(=O)COC(=O)c1ccc([N+](=O)[O-])cc1N. The number of esters is 1. The van der Waals surface area contributed by atoms with E-state index < -0.39 is 23.4 Å². The molecular weight excluding hydrogens is 350 g/mol. The van der Waals surface area contributed by atoms with Gasteiger partial charge in [0.05, 0.1) is 16.2 Å². The van der Waals surface area contributed by atoms with Crippen LogP contribution in [0, 0.1) is 17.0 Å². The Labute approximate surface area is 156 Å². The normalized spacial score (nSPS) is 10.5. The van der Waals surface area contributed by atoms with Crippen LogP contribution in [0.4, 0.5) is 17.1 Å². The maximum Gasteiger partial charge on any atom is 0.340 e. The number of amides is 1. The first kappa shape index (κ1) is 19.9. The molecule has 8 heteroatoms. The lowest BCUT2D eigenvalue weighted by atomic mass is 9.98. The number of aryl methyl sites for hydroxylation is 1. The largest absolute Gasteiger partial charge is 0.452 e. The fourth-order valence-corrected chi connectivity index (χ4v) is 2.58. The number of rotatable bonds is 6. The first-order valence-corrected chi connectivity index (χ1v) is 8.31. The number of anilines is 2. The Hall–Kier alpha value is -3.42. The molecule has 0 spiro atoms. The predicted octanol–water partition coefficient (Wildman–Crippen LogP) is 3.40. The van der Waals surface area contributed by atoms with Gasteiger partial charge in [-0.3, -0.25) is 14.9 Å². The summed E-state index contributed by atoms with van der Waals surface area (Å²) < 4.78 is 4.98. The molecule has 2 aromatic rings. The van der Waals surface area contributed by atoms with Crippen LogP contribution >= 0.6 is 0 Å². The number of nitrogens with zero attached hydrogens (tertiary/aromatic N) is 1. The van der Waals surface area contributed by atoms with Gasteiger partial charge >= 0.3 is 5.97 Å². The number of carbonyl (C=O) groups is 2. The number of hydrogen-bond donors (Lipinski definition) is 2. The molecule has 0 fully saturated rings. The van der Waals surface area contributed by atoms with Crippen molar-refractivity contribution in [3.63, 3.8) is 0 Å². The van der Waals surface area contributed by atoms with Crippen LogP contribution in [0.5, 0.6) is 0 Å². The van der Waals surface area contributed by atoms with Gasteiger partial charge in [-0.25, -0.2) is 4.79 Å². The predicted molar refractivity (Wildman–Crippen MR) is 102 cm³/mol. The summed E-state index contributed by atoms with van der Waals surface area (Å²) in [5.41, 5.74) is 7.88. The average molecular weight is 371 g/mol. The van der Waals surface area contributed by atoms with Crippen LogP contribution in [-0.4, -0.2) is 23.4 Å². The number of hydrogen-bond acceptors (Lipinski definition) is 6. The van der Waals surface area contributed by atoms with Gasteiger partial charge in [-0.05, 0) is 30.0 Å². The maximum absolute atomic E-state index is 12.2. The van der Waals surface area contributed by atoms with Crippen molar-refractivity contribution in [2.45, 2.75) is 26.7 Å². The number of para-hydroxylation sites is 1. The summed E-state index contributed by atoms with van der Waals surface area (Å²) in [5, 5.41) is 13.5. The molecule has 0 heterocycles. The lowest BCUT2D eigenvalue weighted by Crippen LogP contribution is -2.22. The molecule has 0 aliphatic carbocycles. The molecule has 3 N–H and O–H groups in total. The molecular formula is C19H21N3O5. The van der Waals surface area contributed by atoms with Crippen LogP contribution in [0.1, 0.15) is 41.3 Å². The molecule has 142 valence electrons. The van der Waals surface area contributed by atoms with Gasteiger partial charge in [0.2, 0.25) is 0 Å². The van der Waals surface area contributed by atoms with Crippen molar-refractivity contribution in [3.8, 4) is 0 Å². The van der Waals surface area contributed by atoms with Crippen molar-refractivity contribution >= 4 is 28.9 Å². The Morgan fingerprint density at radius 1 is 1.26 bits per heavy atom. The molecule has 0 saturated heterocycles. The van der Waals surface area contributed by atoms with Crippen LogP contribution in [0.15, 0.2) is 36.4 Å². The number of carbonyl (C=O) groups excluding carboxylic acids is 2. The molecule has 0 unspecified atom stereocenters. The third-order valence-electron chi connectivity index (χ3n) is 3.99. The highest BCUT2D eigenvalue weighted by Gasteiger charge is 2.18. The third kappa shape index (κ3) is 4.81. The van der Waals surface area contributed by atoms with Crippen LogP contribution in [0.3, 0.4) is 0 Å². The van der Waals surface area contributed by atoms with Crippen molar-refractivity contribution in [3.05, 3.63) is 63.2 Å². The van der Waals surface area contributed by atoms with Crippen LogP contribution in [-0.2, 0) is 9.53 Å². The minimum absolute atomic E-state index is 0.0350. The maximum atomic E-state index is 12.2. The van der Waals surface area contributed by atoms with Crippen molar-refractivity contribution in [1.82, 2.24) is 0 Å². The number of ether oxygens (including phenoxy) is 1. The zero-order valence-corrected chi connectivity index (χ0v) is 15.3. The molecule has 0 aliphatic heterocycles. The molecule has 1 amide bonds. The van der Waals surface area contributed by atoms with Gasteiger partial charge in [-0.2, -0.15) is 0 Å². The van der Waals surface area contributed by atoms with Crippen molar-refractivity contribution in [2.24, 2.45) is 0 Å². The Morgan fingerprint density at radius 3 is 2.56 bits per heavy atom. The summed E-state index contributed by atoms with van der Waals surface area (Å²) in [5.74, 6) is -1.10. The first-order chi connectivity index (χ1) is 12.7. The molecule has 0 bridgehead atoms. The molecule has 0 atom stereocenters. The summed E-state index contributed by atoms with van der Waals surface area (Å²) in [4.78, 5) is 34.4. The Kier molecular flexibility index (Phi) is 6.12. The highest BCUT2D eigenvalue weighted by molar-refractivity contribution is 5.99. The fraction of sp³-hybridized carbons (Fsp3) is 0.263. The fourth-order valence-electron chi connectivity index (χ4n) is 2.58. The van der Waals surface area contributed by atoms with Crippen molar-refractivity contribution < 1.29 is 19.2 Å². The standard InChI is InChI=1S/C19H21N3O5/c1-11(2)14-6-4-5-12(3)18(14)21-17(23)10-27-19(24)15-8-7-13(22(25)26)9-16(15)20/h4-9,11H,10,20H2,1-3H3,(H,21,23). The number of nitrogens with one attached hydrogen (secondary N) is 1. The molecule has 0 saturated carbocycles. The van der Waals surface area contributed by atoms with Crippen LogP contribution < -0.4 is 11.1 Å². The minimum Gasteiger partial charge on any atom is -0.452 e. The Morgan fingerprint density at radius 2 is 1.96 bits per heavy atom. The van der Waals surface area contributed by atoms with Gasteiger partial charge in [-0.1, -0.05) is 32.0 Å². The zero-order chi connectivity index (χ0) is 20.1. The molecule has 27 heavy (non-hydrogen) atoms. The van der Waals surface area contributed by atoms with Gasteiger partial charge in [0, 0.05) is 17.8 Å². The van der Waals surface area contributed by atoms with Crippen LogP contribution in [0.25, 0.3) is 0 Å². The van der Waals surface area contributed by atoms with E-state index in [-0.39, 0.29) is 22.9 Å². The van der Waals surface area contributed by atoms with Gasteiger partial charge in [0.25, 0.3) is 11.6 Å². The van der Waals surface area contributed by atoms with E-state index in [1.807, 2.05) is 39.0 Å². The van der Waals surface area contributed by atoms with E-state index in [1.54, 1.807) is 0 Å². The highest BCUT2D eigenvalue weighted by Crippen LogP contribution is 2.27. The van der Waals surface area contributed by atoms with E-state index in [0.717, 1.165) is 23.3 Å². The third-order valence-corrected chi connectivity index (χ3v) is 3.99. The van der Waals surface area contributed by atoms with E-state index in [0.29, 0.717) is 5.69 Å². The highest BCUT2D eigenvalue weighted by atomic mass is 16.6. The summed E-state index contributed by atoms with van der Waals surface area (Å²) in [6, 6.07) is 9.14. The van der Waals surface area contributed by atoms with E-state index in [2.05, 4.69) is 5.32 Å². The summed E-state index contributed by atoms with van der Waals surface area (Å²) >= 11 is 0. The molecule has 8 nitrogen and oxygen atoms in total. The lowest BCUT2D eigenvalue weighted by molar-refractivity contribution is -0.384. The van der Waals surface area contributed by atoms with Gasteiger partial charge < -0.3 is 15.8 Å². The first-order valence-electron chi connectivity index (χ1n) is 8.31. The molecule has 2 aromatic carbocycles. The molecule has 0 aliphatic rings. The topological polar surface area (TPSA) is 125 Å². The van der Waals surface area contributed by atoms with E-state index in [4.69, 9.17) is 10.5 Å². The number of nitro groups is 1. The second-order valence-electron chi connectivity index (χ2n) is 6.35. The second kappa shape index (κ2) is 8.31. The zero-order valence-electron chi connectivity index (χ0n) is 15.3. The molecule has 0 aromatic heterocycles. The summed E-state index contributed by atoms with van der Waals surface area (Å²) in [7, 11) is 0. The summed E-state index contributed by atoms with van der Waals surface area (Å²) in [6.07, 6.45) is 0. The Bertz CT molecular complexity index is 893. The minimum atomic E-state index is -0.827. The van der Waals surface area contributed by atoms with Gasteiger partial charge in [-0.15, -0.1) is 0 Å². The van der Waals surface area contributed by atoms with E-state index in [9.17, 15) is 19.7 Å². The average Bonchev–Trinajstić information content (AvgIpc) is 2.61. The van der Waals surface area contributed by atoms with Crippen molar-refractivity contribution in [1.29, 1.82) is 0 Å². The molecule has 0 radical (unpaired) electrons. The quantitative estimate of drug-likeness (QED) is 0.347. The second-order valence-corrected chi connectivity index (χ2v) is 6.35. The lowest BCUT2D eigenvalue weighted by Gasteiger charge is -2.16. The monoisotopic (exact) mass is 371 g/mol. The summed E-state index contributed by atoms with van der Waals surface area (Å²) in [6.45, 7) is 5.41. The molecule has 2 rings (SSSR count). The number of non-ortho nitro benzene ring substituents is 1. The Balaban J connectivity index is 2.04. The van der Waals surface area contributed by atoms with Crippen LogP contribution in [0.2, 0.25) is 0 Å². The van der Waals surface area contributed by atoms with Crippen molar-refractivity contribution in [2.75, 3.05) is 17.7 Å². The van der Waals surface area contributed by atoms with Gasteiger partial charge in [0.15, 0.2) is 6.61 Å². The number of benzene rings is 2. The number of nitrogen functional groups attached to an aromatic ring is 1. The van der Waals surface area contributed by atoms with E-state index in [1.165, 1.54) is 6.07 Å². The number of nitrogens with two attached hydrogens (primary N) is 1. The van der Waals surface area contributed by atoms with E-state index >= 15 is 0 Å². The number of nitro benzene ring substituents is 1.